The van der Waals surface area contributed by atoms with Crippen LogP contribution in [0.25, 0.3) is 21.8 Å². The van der Waals surface area contributed by atoms with Crippen molar-refractivity contribution in [2.75, 3.05) is 6.54 Å². The molecule has 0 fully saturated rings. The fourth-order valence-electron chi connectivity index (χ4n) is 3.73. The van der Waals surface area contributed by atoms with Crippen molar-refractivity contribution in [1.29, 1.82) is 0 Å². The fraction of sp³-hybridized carbons (Fsp3) is 0.207. The van der Waals surface area contributed by atoms with Crippen molar-refractivity contribution < 1.29 is 9.59 Å². The van der Waals surface area contributed by atoms with Crippen LogP contribution < -0.4 is 10.6 Å². The molecule has 2 amide bonds. The van der Waals surface area contributed by atoms with Crippen LogP contribution in [0.3, 0.4) is 0 Å². The van der Waals surface area contributed by atoms with Gasteiger partial charge in [-0.2, -0.15) is 0 Å². The molecule has 35 heavy (non-hydrogen) atoms. The summed E-state index contributed by atoms with van der Waals surface area (Å²) in [4.78, 5) is 29.1. The second kappa shape index (κ2) is 12.6. The SMILES string of the molecule is O=C(CCCCCNC(=O)c1ccccc1)NCc1cccc(-c2nc(-c3ccccc3)cs2)c1. The Kier molecular flexibility index (Phi) is 8.79. The second-order valence-electron chi connectivity index (χ2n) is 8.31. The van der Waals surface area contributed by atoms with Gasteiger partial charge in [-0.3, -0.25) is 9.59 Å². The number of benzene rings is 3. The molecular formula is C29H29N3O2S. The molecule has 0 saturated carbocycles. The molecule has 6 heteroatoms. The van der Waals surface area contributed by atoms with Gasteiger partial charge in [0, 0.05) is 41.6 Å². The van der Waals surface area contributed by atoms with Gasteiger partial charge in [0.05, 0.1) is 5.69 Å². The number of unbranched alkanes of at least 4 members (excludes halogenated alkanes) is 2. The van der Waals surface area contributed by atoms with Crippen LogP contribution in [0.15, 0.2) is 90.3 Å². The number of nitrogens with one attached hydrogen (secondary N) is 2. The quantitative estimate of drug-likeness (QED) is 0.254. The third-order valence-corrected chi connectivity index (χ3v) is 6.53. The molecule has 0 saturated heterocycles. The number of rotatable bonds is 11. The normalized spacial score (nSPS) is 10.6. The monoisotopic (exact) mass is 483 g/mol. The highest BCUT2D eigenvalue weighted by Gasteiger charge is 2.08. The van der Waals surface area contributed by atoms with E-state index in [9.17, 15) is 9.59 Å². The van der Waals surface area contributed by atoms with E-state index in [1.165, 1.54) is 0 Å². The zero-order chi connectivity index (χ0) is 24.3. The van der Waals surface area contributed by atoms with Crippen molar-refractivity contribution in [1.82, 2.24) is 15.6 Å². The van der Waals surface area contributed by atoms with E-state index in [1.807, 2.05) is 48.5 Å². The maximum absolute atomic E-state index is 12.3. The number of thiazole rings is 1. The maximum Gasteiger partial charge on any atom is 0.251 e. The van der Waals surface area contributed by atoms with E-state index < -0.39 is 0 Å². The molecule has 0 unspecified atom stereocenters. The maximum atomic E-state index is 12.3. The van der Waals surface area contributed by atoms with Gasteiger partial charge in [0.2, 0.25) is 5.91 Å². The molecule has 2 N–H and O–H groups in total. The first-order valence-corrected chi connectivity index (χ1v) is 12.8. The molecule has 0 aliphatic carbocycles. The van der Waals surface area contributed by atoms with Gasteiger partial charge in [-0.05, 0) is 36.6 Å². The summed E-state index contributed by atoms with van der Waals surface area (Å²) in [5.74, 6) is -0.0102. The highest BCUT2D eigenvalue weighted by atomic mass is 32.1. The molecule has 1 aromatic heterocycles. The fourth-order valence-corrected chi connectivity index (χ4v) is 4.56. The molecule has 0 aliphatic heterocycles. The van der Waals surface area contributed by atoms with Gasteiger partial charge >= 0.3 is 0 Å². The summed E-state index contributed by atoms with van der Waals surface area (Å²) in [5.41, 5.74) is 4.86. The van der Waals surface area contributed by atoms with E-state index in [2.05, 4.69) is 40.3 Å². The van der Waals surface area contributed by atoms with Gasteiger partial charge in [0.25, 0.3) is 5.91 Å². The Bertz CT molecular complexity index is 1240. The predicted molar refractivity (Wildman–Crippen MR) is 142 cm³/mol. The van der Waals surface area contributed by atoms with Crippen LogP contribution in [-0.4, -0.2) is 23.3 Å². The lowest BCUT2D eigenvalue weighted by Crippen LogP contribution is -2.24. The summed E-state index contributed by atoms with van der Waals surface area (Å²) < 4.78 is 0. The molecular weight excluding hydrogens is 454 g/mol. The zero-order valence-electron chi connectivity index (χ0n) is 19.6. The van der Waals surface area contributed by atoms with Gasteiger partial charge in [-0.15, -0.1) is 11.3 Å². The van der Waals surface area contributed by atoms with Gasteiger partial charge in [-0.1, -0.05) is 73.2 Å². The van der Waals surface area contributed by atoms with Crippen LogP contribution in [0.5, 0.6) is 0 Å². The number of carbonyl (C=O) groups is 2. The number of aromatic nitrogens is 1. The Balaban J connectivity index is 1.16. The summed E-state index contributed by atoms with van der Waals surface area (Å²) in [7, 11) is 0. The summed E-state index contributed by atoms with van der Waals surface area (Å²) in [6.07, 6.45) is 3.03. The molecule has 0 atom stereocenters. The molecule has 178 valence electrons. The molecule has 0 spiro atoms. The molecule has 5 nitrogen and oxygen atoms in total. The lowest BCUT2D eigenvalue weighted by molar-refractivity contribution is -0.121. The second-order valence-corrected chi connectivity index (χ2v) is 9.17. The van der Waals surface area contributed by atoms with Crippen LogP contribution in [0, 0.1) is 0 Å². The number of carbonyl (C=O) groups excluding carboxylic acids is 2. The highest BCUT2D eigenvalue weighted by molar-refractivity contribution is 7.13. The zero-order valence-corrected chi connectivity index (χ0v) is 20.4. The van der Waals surface area contributed by atoms with Gasteiger partial charge < -0.3 is 10.6 Å². The summed E-state index contributed by atoms with van der Waals surface area (Å²) in [5, 5.41) is 8.98. The van der Waals surface area contributed by atoms with Crippen molar-refractivity contribution in [2.24, 2.45) is 0 Å². The average Bonchev–Trinajstić information content (AvgIpc) is 3.41. The van der Waals surface area contributed by atoms with E-state index in [1.54, 1.807) is 23.5 Å². The lowest BCUT2D eigenvalue weighted by Gasteiger charge is -2.07. The van der Waals surface area contributed by atoms with Crippen LogP contribution in [-0.2, 0) is 11.3 Å². The first-order valence-electron chi connectivity index (χ1n) is 11.9. The van der Waals surface area contributed by atoms with Gasteiger partial charge in [-0.25, -0.2) is 4.98 Å². The minimum atomic E-state index is -0.0559. The molecule has 0 radical (unpaired) electrons. The largest absolute Gasteiger partial charge is 0.352 e. The number of amides is 2. The molecule has 0 bridgehead atoms. The average molecular weight is 484 g/mol. The van der Waals surface area contributed by atoms with Crippen molar-refractivity contribution in [2.45, 2.75) is 32.2 Å². The van der Waals surface area contributed by atoms with Crippen LogP contribution in [0.4, 0.5) is 0 Å². The van der Waals surface area contributed by atoms with Crippen molar-refractivity contribution >= 4 is 23.2 Å². The first kappa shape index (κ1) is 24.4. The minimum Gasteiger partial charge on any atom is -0.352 e. The van der Waals surface area contributed by atoms with Crippen molar-refractivity contribution in [3.8, 4) is 21.8 Å². The Hall–Kier alpha value is -3.77. The van der Waals surface area contributed by atoms with E-state index in [0.717, 1.165) is 46.7 Å². The summed E-state index contributed by atoms with van der Waals surface area (Å²) >= 11 is 1.62. The number of nitrogens with zero attached hydrogens (tertiary/aromatic N) is 1. The Labute approximate surface area is 210 Å². The van der Waals surface area contributed by atoms with Crippen LogP contribution in [0.1, 0.15) is 41.6 Å². The highest BCUT2D eigenvalue weighted by Crippen LogP contribution is 2.29. The van der Waals surface area contributed by atoms with Crippen LogP contribution in [0.2, 0.25) is 0 Å². The smallest absolute Gasteiger partial charge is 0.251 e. The summed E-state index contributed by atoms with van der Waals surface area (Å²) in [6.45, 7) is 1.11. The number of hydrogen-bond donors (Lipinski definition) is 2. The lowest BCUT2D eigenvalue weighted by atomic mass is 10.1. The summed E-state index contributed by atoms with van der Waals surface area (Å²) in [6, 6.07) is 27.5. The first-order chi connectivity index (χ1) is 17.2. The van der Waals surface area contributed by atoms with Crippen molar-refractivity contribution in [3.63, 3.8) is 0 Å². The Morgan fingerprint density at radius 2 is 1.51 bits per heavy atom. The third-order valence-electron chi connectivity index (χ3n) is 5.64. The third kappa shape index (κ3) is 7.36. The van der Waals surface area contributed by atoms with E-state index >= 15 is 0 Å². The van der Waals surface area contributed by atoms with Crippen LogP contribution >= 0.6 is 11.3 Å². The molecule has 1 heterocycles. The molecule has 0 aliphatic rings. The predicted octanol–water partition coefficient (Wildman–Crippen LogP) is 6.08. The Morgan fingerprint density at radius 1 is 0.771 bits per heavy atom. The van der Waals surface area contributed by atoms with Crippen molar-refractivity contribution in [3.05, 3.63) is 101 Å². The van der Waals surface area contributed by atoms with E-state index in [-0.39, 0.29) is 11.8 Å². The minimum absolute atomic E-state index is 0.0457. The standard InChI is InChI=1S/C29H29N3O2S/c33-27(17-8-3-9-18-30-28(34)24-14-6-2-7-15-24)31-20-22-11-10-16-25(19-22)29-32-26(21-35-29)23-12-4-1-5-13-23/h1-2,4-7,10-16,19,21H,3,8-9,17-18,20H2,(H,30,34)(H,31,33). The molecule has 3 aromatic carbocycles. The van der Waals surface area contributed by atoms with E-state index in [0.29, 0.717) is 25.1 Å². The van der Waals surface area contributed by atoms with Gasteiger partial charge in [0.15, 0.2) is 0 Å². The van der Waals surface area contributed by atoms with Gasteiger partial charge in [0.1, 0.15) is 5.01 Å². The molecule has 4 aromatic rings. The number of hydrogen-bond acceptors (Lipinski definition) is 4. The topological polar surface area (TPSA) is 71.1 Å². The Morgan fingerprint density at radius 3 is 2.31 bits per heavy atom. The van der Waals surface area contributed by atoms with E-state index in [4.69, 9.17) is 4.98 Å². The molecule has 4 rings (SSSR count).